The average molecular weight is 216 g/mol. The highest BCUT2D eigenvalue weighted by Crippen LogP contribution is 2.30. The first-order chi connectivity index (χ1) is 6.70. The third kappa shape index (κ3) is 2.51. The maximum absolute atomic E-state index is 11.3. The molecule has 0 aromatic rings. The lowest BCUT2D eigenvalue weighted by Gasteiger charge is -2.32. The highest BCUT2D eigenvalue weighted by Gasteiger charge is 2.36. The Bertz CT molecular complexity index is 217. The molecule has 1 fully saturated rings. The number of esters is 1. The van der Waals surface area contributed by atoms with E-state index in [-0.39, 0.29) is 17.8 Å². The number of ether oxygens (including phenoxy) is 1. The number of methoxy groups -OCH3 is 1. The molecule has 14 heavy (non-hydrogen) atoms. The molecule has 0 amide bonds. The highest BCUT2D eigenvalue weighted by atomic mass is 32.2. The summed E-state index contributed by atoms with van der Waals surface area (Å²) in [5.74, 6) is 1.00. The van der Waals surface area contributed by atoms with Gasteiger partial charge >= 0.3 is 5.97 Å². The molecule has 80 valence electrons. The van der Waals surface area contributed by atoms with Gasteiger partial charge in [0.05, 0.1) is 19.1 Å². The number of hydrogen-bond acceptors (Lipinski definition) is 4. The molecule has 1 rings (SSSR count). The van der Waals surface area contributed by atoms with Gasteiger partial charge in [-0.05, 0) is 18.1 Å². The van der Waals surface area contributed by atoms with Gasteiger partial charge in [0.1, 0.15) is 0 Å². The second-order valence-corrected chi connectivity index (χ2v) is 4.52. The zero-order chi connectivity index (χ0) is 10.6. The van der Waals surface area contributed by atoms with Gasteiger partial charge in [-0.2, -0.15) is 11.8 Å². The molecule has 3 nitrogen and oxygen atoms in total. The van der Waals surface area contributed by atoms with E-state index in [1.165, 1.54) is 7.11 Å². The van der Waals surface area contributed by atoms with Gasteiger partial charge in [0, 0.05) is 5.75 Å². The predicted molar refractivity (Wildman–Crippen MR) is 57.1 cm³/mol. The summed E-state index contributed by atoms with van der Waals surface area (Å²) in [6.07, 6.45) is 1.96. The van der Waals surface area contributed by atoms with Crippen molar-refractivity contribution in [1.82, 2.24) is 0 Å². The van der Waals surface area contributed by atoms with Crippen molar-refractivity contribution in [3.05, 3.63) is 12.7 Å². The van der Waals surface area contributed by atoms with Gasteiger partial charge in [-0.3, -0.25) is 4.79 Å². The van der Waals surface area contributed by atoms with Crippen LogP contribution >= 0.6 is 11.8 Å². The average Bonchev–Trinajstić information content (AvgIpc) is 2.20. The molecule has 0 spiro atoms. The minimum Gasteiger partial charge on any atom is -0.469 e. The number of aliphatic hydroxyl groups excluding tert-OH is 1. The van der Waals surface area contributed by atoms with Gasteiger partial charge < -0.3 is 9.84 Å². The number of carbonyl (C=O) groups excluding carboxylic acids is 1. The fourth-order valence-electron chi connectivity index (χ4n) is 1.65. The van der Waals surface area contributed by atoms with Gasteiger partial charge in [-0.25, -0.2) is 0 Å². The van der Waals surface area contributed by atoms with Crippen LogP contribution in [-0.4, -0.2) is 35.8 Å². The molecule has 0 bridgehead atoms. The molecule has 0 aromatic carbocycles. The van der Waals surface area contributed by atoms with Crippen molar-refractivity contribution in [2.75, 3.05) is 18.6 Å². The monoisotopic (exact) mass is 216 g/mol. The van der Waals surface area contributed by atoms with E-state index in [1.807, 2.05) is 0 Å². The summed E-state index contributed by atoms with van der Waals surface area (Å²) in [6, 6.07) is 0. The summed E-state index contributed by atoms with van der Waals surface area (Å²) in [7, 11) is 1.36. The molecule has 0 radical (unpaired) electrons. The molecule has 0 aromatic heterocycles. The lowest BCUT2D eigenvalue weighted by atomic mass is 9.90. The van der Waals surface area contributed by atoms with Gasteiger partial charge in [-0.15, -0.1) is 6.58 Å². The molecule has 1 saturated heterocycles. The Kier molecular flexibility index (Phi) is 4.48. The molecule has 0 saturated carbocycles. The number of carbonyl (C=O) groups is 1. The van der Waals surface area contributed by atoms with Gasteiger partial charge in [0.25, 0.3) is 0 Å². The molecular formula is C10H16O3S. The van der Waals surface area contributed by atoms with Crippen LogP contribution in [0.1, 0.15) is 6.42 Å². The van der Waals surface area contributed by atoms with E-state index in [1.54, 1.807) is 17.8 Å². The summed E-state index contributed by atoms with van der Waals surface area (Å²) in [6.45, 7) is 3.64. The zero-order valence-electron chi connectivity index (χ0n) is 8.31. The van der Waals surface area contributed by atoms with Gasteiger partial charge in [0.2, 0.25) is 0 Å². The van der Waals surface area contributed by atoms with Crippen molar-refractivity contribution in [2.24, 2.45) is 11.8 Å². The maximum Gasteiger partial charge on any atom is 0.312 e. The number of aliphatic hydroxyl groups is 1. The lowest BCUT2D eigenvalue weighted by Crippen LogP contribution is -2.41. The van der Waals surface area contributed by atoms with Crippen LogP contribution in [-0.2, 0) is 9.53 Å². The minimum atomic E-state index is -0.582. The van der Waals surface area contributed by atoms with E-state index in [4.69, 9.17) is 0 Å². The van der Waals surface area contributed by atoms with Crippen LogP contribution in [0, 0.1) is 11.8 Å². The first kappa shape index (κ1) is 11.6. The third-order valence-electron chi connectivity index (χ3n) is 2.50. The Labute approximate surface area is 88.5 Å². The van der Waals surface area contributed by atoms with Crippen LogP contribution in [0.2, 0.25) is 0 Å². The Morgan fingerprint density at radius 3 is 3.00 bits per heavy atom. The van der Waals surface area contributed by atoms with Crippen molar-refractivity contribution in [1.29, 1.82) is 0 Å². The van der Waals surface area contributed by atoms with Crippen molar-refractivity contribution in [3.63, 3.8) is 0 Å². The Morgan fingerprint density at radius 2 is 2.43 bits per heavy atom. The summed E-state index contributed by atoms with van der Waals surface area (Å²) >= 11 is 1.69. The van der Waals surface area contributed by atoms with Crippen LogP contribution in [0.4, 0.5) is 0 Å². The molecule has 3 unspecified atom stereocenters. The zero-order valence-corrected chi connectivity index (χ0v) is 9.13. The SMILES string of the molecule is C=CCC1CSCC(C(=O)OC)C1O. The molecule has 1 aliphatic rings. The summed E-state index contributed by atoms with van der Waals surface area (Å²) in [4.78, 5) is 11.3. The lowest BCUT2D eigenvalue weighted by molar-refractivity contribution is -0.149. The van der Waals surface area contributed by atoms with E-state index in [0.29, 0.717) is 5.75 Å². The van der Waals surface area contributed by atoms with Crippen LogP contribution in [0.3, 0.4) is 0 Å². The summed E-state index contributed by atoms with van der Waals surface area (Å²) in [5.41, 5.74) is 0. The van der Waals surface area contributed by atoms with Crippen LogP contribution < -0.4 is 0 Å². The quantitative estimate of drug-likeness (QED) is 0.566. The molecule has 1 heterocycles. The van der Waals surface area contributed by atoms with Crippen LogP contribution in [0.15, 0.2) is 12.7 Å². The Hall–Kier alpha value is -0.480. The largest absolute Gasteiger partial charge is 0.469 e. The van der Waals surface area contributed by atoms with E-state index in [9.17, 15) is 9.90 Å². The summed E-state index contributed by atoms with van der Waals surface area (Å²) < 4.78 is 4.65. The predicted octanol–water partition coefficient (Wildman–Crippen LogP) is 1.08. The number of allylic oxidation sites excluding steroid dienone is 1. The highest BCUT2D eigenvalue weighted by molar-refractivity contribution is 7.99. The molecule has 3 atom stereocenters. The molecular weight excluding hydrogens is 200 g/mol. The topological polar surface area (TPSA) is 46.5 Å². The van der Waals surface area contributed by atoms with E-state index < -0.39 is 6.10 Å². The number of hydrogen-bond donors (Lipinski definition) is 1. The molecule has 1 N–H and O–H groups in total. The van der Waals surface area contributed by atoms with E-state index in [2.05, 4.69) is 11.3 Å². The fourth-order valence-corrected chi connectivity index (χ4v) is 3.01. The second-order valence-electron chi connectivity index (χ2n) is 3.44. The van der Waals surface area contributed by atoms with Crippen LogP contribution in [0.5, 0.6) is 0 Å². The Balaban J connectivity index is 2.60. The van der Waals surface area contributed by atoms with Crippen LogP contribution in [0.25, 0.3) is 0 Å². The first-order valence-electron chi connectivity index (χ1n) is 4.65. The third-order valence-corrected chi connectivity index (χ3v) is 3.76. The smallest absolute Gasteiger partial charge is 0.312 e. The normalized spacial score (nSPS) is 32.3. The molecule has 4 heteroatoms. The molecule has 1 aliphatic heterocycles. The number of thioether (sulfide) groups is 1. The van der Waals surface area contributed by atoms with Gasteiger partial charge in [0.15, 0.2) is 0 Å². The fraction of sp³-hybridized carbons (Fsp3) is 0.700. The minimum absolute atomic E-state index is 0.135. The summed E-state index contributed by atoms with van der Waals surface area (Å²) in [5, 5.41) is 9.90. The second kappa shape index (κ2) is 5.41. The maximum atomic E-state index is 11.3. The Morgan fingerprint density at radius 1 is 1.71 bits per heavy atom. The van der Waals surface area contributed by atoms with Crippen molar-refractivity contribution in [3.8, 4) is 0 Å². The van der Waals surface area contributed by atoms with E-state index >= 15 is 0 Å². The van der Waals surface area contributed by atoms with E-state index in [0.717, 1.165) is 12.2 Å². The number of rotatable bonds is 3. The van der Waals surface area contributed by atoms with Crippen molar-refractivity contribution >= 4 is 17.7 Å². The van der Waals surface area contributed by atoms with Crippen molar-refractivity contribution < 1.29 is 14.6 Å². The standard InChI is InChI=1S/C10H16O3S/c1-3-4-7-5-14-6-8(9(7)11)10(12)13-2/h3,7-9,11H,1,4-6H2,2H3. The van der Waals surface area contributed by atoms with Crippen molar-refractivity contribution in [2.45, 2.75) is 12.5 Å². The molecule has 0 aliphatic carbocycles. The van der Waals surface area contributed by atoms with Gasteiger partial charge in [-0.1, -0.05) is 6.08 Å². The first-order valence-corrected chi connectivity index (χ1v) is 5.80.